The third kappa shape index (κ3) is 111. The molecule has 65 heavy (non-hydrogen) atoms. The summed E-state index contributed by atoms with van der Waals surface area (Å²) < 4.78 is 0. The van der Waals surface area contributed by atoms with Gasteiger partial charge >= 0.3 is 0 Å². The van der Waals surface area contributed by atoms with E-state index < -0.39 is 0 Å². The molecule has 5 aromatic carbocycles. The minimum absolute atomic E-state index is 0. The topological polar surface area (TPSA) is 0 Å². The zero-order valence-electron chi connectivity index (χ0n) is 42.7. The number of aryl methyl sites for hydroxylation is 6. The average Bonchev–Trinajstić information content (AvgIpc) is 3.09. The van der Waals surface area contributed by atoms with E-state index in [1.807, 2.05) is 104 Å². The summed E-state index contributed by atoms with van der Waals surface area (Å²) >= 11 is 0. The van der Waals surface area contributed by atoms with E-state index in [1.54, 1.807) is 0 Å². The summed E-state index contributed by atoms with van der Waals surface area (Å²) in [4.78, 5) is 0. The van der Waals surface area contributed by atoms with Crippen LogP contribution in [0, 0.1) is 53.7 Å². The molecule has 21 heteroatoms. The van der Waals surface area contributed by atoms with Crippen LogP contribution in [0.5, 0.6) is 0 Å². The first kappa shape index (κ1) is 161. The van der Waals surface area contributed by atoms with Gasteiger partial charge in [-0.15, -0.1) is 12.1 Å². The average molecular weight is 2460 g/mol. The molecule has 0 spiro atoms. The Bertz CT molecular complexity index is 1210. The van der Waals surface area contributed by atoms with E-state index in [4.69, 9.17) is 0 Å². The molecule has 21 radical (unpaired) electrons. The van der Waals surface area contributed by atoms with E-state index in [0.29, 0.717) is 0 Å². The summed E-state index contributed by atoms with van der Waals surface area (Å²) in [6.07, 6.45) is 0. The largest absolute Gasteiger partial charge is 0.226 e. The van der Waals surface area contributed by atoms with Crippen LogP contribution in [0.4, 0.5) is 0 Å². The molecule has 0 amide bonds. The number of hydrogen-bond acceptors (Lipinski definition) is 0. The summed E-state index contributed by atoms with van der Waals surface area (Å²) in [6, 6.07) is 47.4. The van der Waals surface area contributed by atoms with Gasteiger partial charge in [-0.2, -0.15) is 48.5 Å². The number of rotatable bonds is 1. The van der Waals surface area contributed by atoms with Crippen LogP contribution in [0.2, 0.25) is 0 Å². The van der Waals surface area contributed by atoms with Crippen molar-refractivity contribution in [1.29, 1.82) is 0 Å². The van der Waals surface area contributed by atoms with Gasteiger partial charge in [0, 0.05) is 687 Å². The molecule has 0 unspecified atom stereocenters. The summed E-state index contributed by atoms with van der Waals surface area (Å²) in [6.45, 7) is 28.6. The van der Waals surface area contributed by atoms with Crippen LogP contribution in [0.1, 0.15) is 88.8 Å². The Hall–Kier alpha value is 19.3. The van der Waals surface area contributed by atoms with Crippen molar-refractivity contribution < 1.29 is 687 Å². The number of hydrogen-bond donors (Lipinski definition) is 0. The Kier molecular flexibility index (Phi) is 327. The van der Waals surface area contributed by atoms with E-state index in [0.717, 1.165) is 11.1 Å². The van der Waals surface area contributed by atoms with Gasteiger partial charge in [0.2, 0.25) is 0 Å². The predicted octanol–water partition coefficient (Wildman–Crippen LogP) is 13.9. The summed E-state index contributed by atoms with van der Waals surface area (Å²) in [5, 5.41) is 0. The van der Waals surface area contributed by atoms with Crippen LogP contribution in [-0.4, -0.2) is 0 Å². The van der Waals surface area contributed by atoms with Gasteiger partial charge in [0.15, 0.2) is 0 Å². The van der Waals surface area contributed by atoms with Crippen LogP contribution in [0.15, 0.2) is 121 Å². The third-order valence-corrected chi connectivity index (χ3v) is 5.53. The molecule has 0 nitrogen and oxygen atoms in total. The monoisotopic (exact) mass is 2460 g/mol. The molecule has 0 aliphatic heterocycles. The summed E-state index contributed by atoms with van der Waals surface area (Å²) in [5.74, 6) is 0. The van der Waals surface area contributed by atoms with Crippen LogP contribution in [-0.2, 0) is 687 Å². The fraction of sp³-hybridized carbons (Fsp3) is 0.318. The van der Waals surface area contributed by atoms with Gasteiger partial charge < -0.3 is 0 Å². The molecule has 0 saturated heterocycles. The third-order valence-electron chi connectivity index (χ3n) is 5.53. The summed E-state index contributed by atoms with van der Waals surface area (Å²) in [5.41, 5.74) is 10.3. The smallest absolute Gasteiger partial charge is 0 e. The fourth-order valence-electron chi connectivity index (χ4n) is 3.23. The van der Waals surface area contributed by atoms with Crippen molar-refractivity contribution in [2.75, 3.05) is 0 Å². The summed E-state index contributed by atoms with van der Waals surface area (Å²) in [7, 11) is 0. The Morgan fingerprint density at radius 2 is 0.446 bits per heavy atom. The molecule has 303 valence electrons. The van der Waals surface area contributed by atoms with Crippen LogP contribution in [0.25, 0.3) is 11.1 Å². The molecule has 0 bridgehead atoms. The van der Waals surface area contributed by atoms with E-state index >= 15 is 0 Å². The second-order valence-corrected chi connectivity index (χ2v) is 8.95. The van der Waals surface area contributed by atoms with Crippen molar-refractivity contribution in [3.8, 4) is 11.1 Å². The van der Waals surface area contributed by atoms with Crippen LogP contribution >= 0.6 is 0 Å². The molecule has 0 fully saturated rings. The standard InChI is InChI=1S/C12H8.3C8H10.4C2H6.21Y/c1-3-7-11(8-4-1)12-9-5-2-6-10-12;1-7-3-5-8(2)6-4-7;1-7-4-3-5-8(2)6-7;1-7-5-3-4-6-8(7)2;4*1-2;;;;;;;;;;;;;;;;;;;;;/h1-7,9H;3*3-6H,1-2H3;4*1-2H3;;;;;;;;;;;;;;;;;;;;;/q-2;;;;;;;;;;;;;;;;;;;;;;;;;;;;. The Morgan fingerprint density at radius 1 is 0.231 bits per heavy atom. The number of benzene rings is 5. The molecular weight excluding hydrogens is 2400 g/mol. The van der Waals surface area contributed by atoms with Crippen molar-refractivity contribution >= 4 is 0 Å². The molecule has 5 aromatic rings. The molecule has 0 saturated carbocycles. The first-order chi connectivity index (χ1) is 21.3. The van der Waals surface area contributed by atoms with Gasteiger partial charge in [-0.05, 0) is 52.7 Å². The zero-order valence-corrected chi connectivity index (χ0v) is 102. The van der Waals surface area contributed by atoms with Gasteiger partial charge in [0.1, 0.15) is 0 Å². The molecule has 5 rings (SSSR count). The van der Waals surface area contributed by atoms with Gasteiger partial charge in [0.25, 0.3) is 0 Å². The quantitative estimate of drug-likeness (QED) is 0.147. The SMILES string of the molecule is CC.CC.CC.CC.Cc1ccc(C)cc1.Cc1cccc(C)c1.Cc1ccccc1C.[Y].[Y].[Y].[Y].[Y].[Y].[Y].[Y].[Y].[Y].[Y].[Y].[Y].[Y].[Y].[Y].[Y].[Y].[Y].[Y].[Y].[c-]1ccccc1-c1[c-]cccc1. The Balaban J connectivity index is -0.0000000136. The first-order valence-corrected chi connectivity index (χ1v) is 16.4. The maximum absolute atomic E-state index is 3.15. The zero-order chi connectivity index (χ0) is 34.2. The second kappa shape index (κ2) is 132. The van der Waals surface area contributed by atoms with Gasteiger partial charge in [-0.1, -0.05) is 150 Å². The maximum atomic E-state index is 3.15. The Morgan fingerprint density at radius 3 is 0.600 bits per heavy atom. The van der Waals surface area contributed by atoms with Gasteiger partial charge in [0.05, 0.1) is 0 Å². The molecule has 0 aliphatic rings. The normalized spacial score (nSPS) is 5.57. The van der Waals surface area contributed by atoms with E-state index in [1.165, 1.54) is 33.4 Å². The van der Waals surface area contributed by atoms with Crippen molar-refractivity contribution in [2.45, 2.75) is 96.9 Å². The molecule has 0 atom stereocenters. The van der Waals surface area contributed by atoms with Crippen molar-refractivity contribution in [3.63, 3.8) is 0 Å². The van der Waals surface area contributed by atoms with Crippen molar-refractivity contribution in [1.82, 2.24) is 0 Å². The van der Waals surface area contributed by atoms with Crippen molar-refractivity contribution in [2.24, 2.45) is 0 Å². The van der Waals surface area contributed by atoms with E-state index in [2.05, 4.69) is 126 Å². The maximum Gasteiger partial charge on any atom is 0 e. The van der Waals surface area contributed by atoms with E-state index in [9.17, 15) is 0 Å². The van der Waals surface area contributed by atoms with Gasteiger partial charge in [-0.25, -0.2) is 11.1 Å². The minimum Gasteiger partial charge on any atom is -0.226 e. The van der Waals surface area contributed by atoms with Crippen LogP contribution < -0.4 is 0 Å². The fourth-order valence-corrected chi connectivity index (χ4v) is 3.23. The molecule has 0 heterocycles. The van der Waals surface area contributed by atoms with E-state index in [-0.39, 0.29) is 687 Å². The molecule has 0 aromatic heterocycles. The minimum atomic E-state index is 0. The molecular formula is C44H62Y21-2. The second-order valence-electron chi connectivity index (χ2n) is 8.95. The molecule has 0 N–H and O–H groups in total. The molecule has 0 aliphatic carbocycles. The van der Waals surface area contributed by atoms with Crippen LogP contribution in [0.3, 0.4) is 0 Å². The van der Waals surface area contributed by atoms with Crippen molar-refractivity contribution in [3.05, 3.63) is 167 Å². The first-order valence-electron chi connectivity index (χ1n) is 16.4. The Labute approximate surface area is 933 Å². The predicted molar refractivity (Wildman–Crippen MR) is 203 cm³/mol. The van der Waals surface area contributed by atoms with Gasteiger partial charge in [-0.3, -0.25) is 0 Å².